The topological polar surface area (TPSA) is 71.1 Å². The summed E-state index contributed by atoms with van der Waals surface area (Å²) in [6, 6.07) is 0. The zero-order valence-electron chi connectivity index (χ0n) is 17.8. The van der Waals surface area contributed by atoms with Crippen molar-refractivity contribution in [3.8, 4) is 12.3 Å². The van der Waals surface area contributed by atoms with Crippen LogP contribution < -0.4 is 0 Å². The van der Waals surface area contributed by atoms with E-state index in [1.165, 1.54) is 11.8 Å². The fourth-order valence-corrected chi connectivity index (χ4v) is 3.04. The summed E-state index contributed by atoms with van der Waals surface area (Å²) < 4.78 is 21.9. The van der Waals surface area contributed by atoms with Crippen LogP contribution >= 0.6 is 24.4 Å². The van der Waals surface area contributed by atoms with E-state index in [4.69, 9.17) is 25.4 Å². The average Bonchev–Trinajstić information content (AvgIpc) is 2.73. The molecule has 0 saturated heterocycles. The first-order valence-electron chi connectivity index (χ1n) is 10.1. The first-order valence-corrected chi connectivity index (χ1v) is 11.9. The van der Waals surface area contributed by atoms with Gasteiger partial charge in [-0.3, -0.25) is 9.59 Å². The maximum Gasteiger partial charge on any atom is 0.315 e. The third kappa shape index (κ3) is 15.6. The molecule has 0 rings (SSSR count). The van der Waals surface area contributed by atoms with Crippen LogP contribution in [0, 0.1) is 17.8 Å². The van der Waals surface area contributed by atoms with Crippen molar-refractivity contribution < 1.29 is 28.5 Å². The van der Waals surface area contributed by atoms with Gasteiger partial charge in [-0.25, -0.2) is 0 Å². The van der Waals surface area contributed by atoms with Crippen LogP contribution in [0.1, 0.15) is 46.0 Å². The van der Waals surface area contributed by atoms with Crippen molar-refractivity contribution >= 4 is 36.3 Å². The van der Waals surface area contributed by atoms with Crippen molar-refractivity contribution in [2.24, 2.45) is 5.41 Å². The molecule has 168 valence electrons. The van der Waals surface area contributed by atoms with Crippen molar-refractivity contribution in [2.45, 2.75) is 46.0 Å². The lowest BCUT2D eigenvalue weighted by molar-refractivity contribution is -0.148. The van der Waals surface area contributed by atoms with Crippen LogP contribution in [0.15, 0.2) is 0 Å². The molecular weight excluding hydrogens is 412 g/mol. The van der Waals surface area contributed by atoms with Crippen molar-refractivity contribution in [1.29, 1.82) is 0 Å². The van der Waals surface area contributed by atoms with Gasteiger partial charge in [0.15, 0.2) is 6.61 Å². The molecule has 0 N–H and O–H groups in total. The molecular formula is C21H36O6S2. The number of carbonyl (C=O) groups is 2. The molecule has 0 bridgehead atoms. The SMILES string of the molecule is C#CCOC(=O)CCSCC(=O)OCC(CC)(COCCCC)COCCCS. The highest BCUT2D eigenvalue weighted by molar-refractivity contribution is 7.99. The van der Waals surface area contributed by atoms with Crippen LogP contribution in [-0.4, -0.2) is 68.8 Å². The van der Waals surface area contributed by atoms with Crippen molar-refractivity contribution in [1.82, 2.24) is 0 Å². The first-order chi connectivity index (χ1) is 14.0. The van der Waals surface area contributed by atoms with E-state index in [-0.39, 0.29) is 42.7 Å². The van der Waals surface area contributed by atoms with Crippen molar-refractivity contribution in [3.63, 3.8) is 0 Å². The summed E-state index contributed by atoms with van der Waals surface area (Å²) in [6.07, 6.45) is 8.96. The number of hydrogen-bond donors (Lipinski definition) is 1. The summed E-state index contributed by atoms with van der Waals surface area (Å²) in [6.45, 7) is 6.67. The first kappa shape index (κ1) is 28.1. The minimum Gasteiger partial charge on any atom is -0.464 e. The van der Waals surface area contributed by atoms with Crippen molar-refractivity contribution in [2.75, 3.05) is 56.9 Å². The predicted octanol–water partition coefficient (Wildman–Crippen LogP) is 3.38. The van der Waals surface area contributed by atoms with E-state index in [2.05, 4.69) is 32.4 Å². The largest absolute Gasteiger partial charge is 0.464 e. The third-order valence-corrected chi connectivity index (χ3v) is 5.43. The predicted molar refractivity (Wildman–Crippen MR) is 120 cm³/mol. The number of rotatable bonds is 19. The van der Waals surface area contributed by atoms with E-state index in [0.717, 1.165) is 31.4 Å². The fourth-order valence-electron chi connectivity index (χ4n) is 2.20. The Morgan fingerprint density at radius 2 is 1.72 bits per heavy atom. The molecule has 8 heteroatoms. The summed E-state index contributed by atoms with van der Waals surface area (Å²) >= 11 is 5.52. The van der Waals surface area contributed by atoms with Crippen LogP contribution in [0.5, 0.6) is 0 Å². The third-order valence-electron chi connectivity index (χ3n) is 4.18. The van der Waals surface area contributed by atoms with Crippen LogP contribution in [-0.2, 0) is 28.5 Å². The van der Waals surface area contributed by atoms with Gasteiger partial charge in [0.25, 0.3) is 0 Å². The molecule has 0 heterocycles. The Morgan fingerprint density at radius 1 is 1.03 bits per heavy atom. The van der Waals surface area contributed by atoms with Gasteiger partial charge in [-0.1, -0.05) is 26.2 Å². The number of ether oxygens (including phenoxy) is 4. The second-order valence-electron chi connectivity index (χ2n) is 6.72. The zero-order valence-corrected chi connectivity index (χ0v) is 19.5. The van der Waals surface area contributed by atoms with E-state index in [9.17, 15) is 9.59 Å². The molecule has 29 heavy (non-hydrogen) atoms. The number of esters is 2. The molecule has 0 saturated carbocycles. The Hall–Kier alpha value is -0.880. The van der Waals surface area contributed by atoms with Crippen LogP contribution in [0.2, 0.25) is 0 Å². The fraction of sp³-hybridized carbons (Fsp3) is 0.810. The molecule has 0 spiro atoms. The monoisotopic (exact) mass is 448 g/mol. The molecule has 6 nitrogen and oxygen atoms in total. The maximum atomic E-state index is 12.1. The normalized spacial score (nSPS) is 12.8. The average molecular weight is 449 g/mol. The highest BCUT2D eigenvalue weighted by Crippen LogP contribution is 2.24. The number of thioether (sulfide) groups is 1. The summed E-state index contributed by atoms with van der Waals surface area (Å²) in [5.41, 5.74) is -0.357. The number of hydrogen-bond acceptors (Lipinski definition) is 8. The highest BCUT2D eigenvalue weighted by Gasteiger charge is 2.31. The summed E-state index contributed by atoms with van der Waals surface area (Å²) in [4.78, 5) is 23.5. The molecule has 0 aromatic carbocycles. The van der Waals surface area contributed by atoms with Gasteiger partial charge < -0.3 is 18.9 Å². The van der Waals surface area contributed by atoms with E-state index in [1.54, 1.807) is 0 Å². The minimum atomic E-state index is -0.364. The van der Waals surface area contributed by atoms with E-state index in [1.807, 2.05) is 0 Å². The second-order valence-corrected chi connectivity index (χ2v) is 8.27. The molecule has 0 radical (unpaired) electrons. The Labute approximate surface area is 185 Å². The molecule has 0 fully saturated rings. The van der Waals surface area contributed by atoms with Gasteiger partial charge >= 0.3 is 11.9 Å². The number of unbranched alkanes of at least 4 members (excludes halogenated alkanes) is 1. The molecule has 0 aromatic rings. The lowest BCUT2D eigenvalue weighted by Crippen LogP contribution is -2.38. The van der Waals surface area contributed by atoms with Crippen molar-refractivity contribution in [3.05, 3.63) is 0 Å². The summed E-state index contributed by atoms with van der Waals surface area (Å²) in [7, 11) is 0. The van der Waals surface area contributed by atoms with Gasteiger partial charge in [0.2, 0.25) is 0 Å². The zero-order chi connectivity index (χ0) is 21.8. The standard InChI is InChI=1S/C21H36O6S2/c1-4-7-11-24-16-21(6-3,17-25-12-8-13-28)18-27-20(23)15-29-14-9-19(22)26-10-5-2/h2,28H,4,6-18H2,1,3H3. The number of thiol groups is 1. The van der Waals surface area contributed by atoms with Gasteiger partial charge in [-0.15, -0.1) is 18.2 Å². The van der Waals surface area contributed by atoms with E-state index >= 15 is 0 Å². The molecule has 0 amide bonds. The summed E-state index contributed by atoms with van der Waals surface area (Å²) in [5.74, 6) is 2.99. The van der Waals surface area contributed by atoms with Gasteiger partial charge in [-0.05, 0) is 25.0 Å². The molecule has 0 aromatic heterocycles. The number of terminal acetylenes is 1. The summed E-state index contributed by atoms with van der Waals surface area (Å²) in [5, 5.41) is 0. The highest BCUT2D eigenvalue weighted by atomic mass is 32.2. The molecule has 0 aliphatic rings. The number of carbonyl (C=O) groups excluding carboxylic acids is 2. The van der Waals surface area contributed by atoms with Crippen LogP contribution in [0.25, 0.3) is 0 Å². The van der Waals surface area contributed by atoms with Crippen LogP contribution in [0.4, 0.5) is 0 Å². The molecule has 0 aliphatic carbocycles. The second kappa shape index (κ2) is 19.1. The van der Waals surface area contributed by atoms with Gasteiger partial charge in [-0.2, -0.15) is 12.6 Å². The Bertz CT molecular complexity index is 466. The Kier molecular flexibility index (Phi) is 18.5. The molecule has 1 atom stereocenters. The Morgan fingerprint density at radius 3 is 2.31 bits per heavy atom. The van der Waals surface area contributed by atoms with E-state index in [0.29, 0.717) is 32.2 Å². The maximum absolute atomic E-state index is 12.1. The van der Waals surface area contributed by atoms with Gasteiger partial charge in [0.1, 0.15) is 6.61 Å². The molecule has 1 unspecified atom stereocenters. The lowest BCUT2D eigenvalue weighted by Gasteiger charge is -2.31. The van der Waals surface area contributed by atoms with Crippen LogP contribution in [0.3, 0.4) is 0 Å². The Balaban J connectivity index is 4.35. The van der Waals surface area contributed by atoms with E-state index < -0.39 is 0 Å². The van der Waals surface area contributed by atoms with Gasteiger partial charge in [0.05, 0.1) is 30.8 Å². The lowest BCUT2D eigenvalue weighted by atomic mass is 9.88. The quantitative estimate of drug-likeness (QED) is 0.141. The smallest absolute Gasteiger partial charge is 0.315 e. The minimum absolute atomic E-state index is 0.0268. The van der Waals surface area contributed by atoms with Gasteiger partial charge in [0, 0.05) is 19.0 Å². The molecule has 0 aliphatic heterocycles.